The van der Waals surface area contributed by atoms with Crippen molar-refractivity contribution in [1.29, 1.82) is 0 Å². The number of benzene rings is 6. The lowest BCUT2D eigenvalue weighted by atomic mass is 10.0. The molecule has 1 unspecified atom stereocenters. The van der Waals surface area contributed by atoms with E-state index < -0.39 is 0 Å². The van der Waals surface area contributed by atoms with Crippen LogP contribution in [0.25, 0.3) is 53.5 Å². The number of thiazole rings is 1. The van der Waals surface area contributed by atoms with Crippen molar-refractivity contribution in [2.24, 2.45) is 9.98 Å². The van der Waals surface area contributed by atoms with Gasteiger partial charge < -0.3 is 9.73 Å². The van der Waals surface area contributed by atoms with Gasteiger partial charge in [0.1, 0.15) is 28.2 Å². The number of nitrogens with zero attached hydrogens (tertiary/aromatic N) is 3. The zero-order chi connectivity index (χ0) is 29.0. The van der Waals surface area contributed by atoms with Gasteiger partial charge >= 0.3 is 0 Å². The van der Waals surface area contributed by atoms with E-state index in [4.69, 9.17) is 19.4 Å². The molecular formula is C38H24N4OS. The van der Waals surface area contributed by atoms with E-state index in [1.165, 1.54) is 0 Å². The average molecular weight is 585 g/mol. The third-order valence-corrected chi connectivity index (χ3v) is 9.31. The molecule has 1 atom stereocenters. The summed E-state index contributed by atoms with van der Waals surface area (Å²) < 4.78 is 7.48. The van der Waals surface area contributed by atoms with Gasteiger partial charge in [0.05, 0.1) is 15.8 Å². The van der Waals surface area contributed by atoms with E-state index in [1.54, 1.807) is 11.3 Å². The molecule has 3 heterocycles. The van der Waals surface area contributed by atoms with E-state index >= 15 is 0 Å². The number of furan rings is 1. The highest BCUT2D eigenvalue weighted by atomic mass is 32.1. The Morgan fingerprint density at radius 2 is 1.43 bits per heavy atom. The fourth-order valence-electron chi connectivity index (χ4n) is 6.00. The highest BCUT2D eigenvalue weighted by Crippen LogP contribution is 2.40. The second-order valence-corrected chi connectivity index (χ2v) is 11.9. The molecule has 0 radical (unpaired) electrons. The lowest BCUT2D eigenvalue weighted by molar-refractivity contribution is 0.670. The summed E-state index contributed by atoms with van der Waals surface area (Å²) in [5.74, 6) is 1.51. The number of hydrogen-bond acceptors (Lipinski definition) is 6. The van der Waals surface area contributed by atoms with Crippen LogP contribution in [0.4, 0.5) is 0 Å². The molecule has 5 nitrogen and oxygen atoms in total. The van der Waals surface area contributed by atoms with Crippen molar-refractivity contribution in [2.75, 3.05) is 0 Å². The van der Waals surface area contributed by atoms with Gasteiger partial charge in [0.2, 0.25) is 0 Å². The van der Waals surface area contributed by atoms with Crippen LogP contribution in [-0.2, 0) is 0 Å². The Hall–Kier alpha value is -5.59. The van der Waals surface area contributed by atoms with Crippen LogP contribution in [0.2, 0.25) is 0 Å². The Morgan fingerprint density at radius 1 is 0.659 bits per heavy atom. The molecule has 2 aromatic heterocycles. The molecule has 6 aromatic carbocycles. The van der Waals surface area contributed by atoms with Gasteiger partial charge in [-0.1, -0.05) is 109 Å². The molecule has 0 saturated heterocycles. The molecule has 1 aliphatic heterocycles. The Labute approximate surface area is 256 Å². The Morgan fingerprint density at radius 3 is 2.32 bits per heavy atom. The summed E-state index contributed by atoms with van der Waals surface area (Å²) in [6, 6.07) is 45.7. The van der Waals surface area contributed by atoms with Crippen LogP contribution in [0.1, 0.15) is 22.9 Å². The van der Waals surface area contributed by atoms with Crippen LogP contribution in [0.15, 0.2) is 148 Å². The first kappa shape index (κ1) is 25.0. The maximum absolute atomic E-state index is 6.34. The zero-order valence-corrected chi connectivity index (χ0v) is 24.3. The second kappa shape index (κ2) is 10.0. The standard InChI is InChI=1S/C38H24N4OS/c1-3-10-24(11-4-1)35-40-36(25-12-5-2-6-13-25)42-37(41-35)26-19-18-23-20-21-31-34(30(23)22-26)44-38(39-31)29-16-9-15-28-27-14-7-8-17-32(27)43-33(28)29/h1-22,35H,(H,40,41,42). The number of aliphatic imine (C=N–C) groups is 2. The van der Waals surface area contributed by atoms with Gasteiger partial charge in [0.25, 0.3) is 0 Å². The van der Waals surface area contributed by atoms with Crippen molar-refractivity contribution in [3.8, 4) is 10.6 Å². The lowest BCUT2D eigenvalue weighted by Crippen LogP contribution is -2.33. The molecule has 8 aromatic rings. The molecule has 0 bridgehead atoms. The monoisotopic (exact) mass is 584 g/mol. The topological polar surface area (TPSA) is 62.8 Å². The minimum Gasteiger partial charge on any atom is -0.455 e. The summed E-state index contributed by atoms with van der Waals surface area (Å²) in [5, 5.41) is 9.07. The Bertz CT molecular complexity index is 2420. The van der Waals surface area contributed by atoms with E-state index in [0.717, 1.165) is 76.0 Å². The van der Waals surface area contributed by atoms with E-state index in [9.17, 15) is 0 Å². The van der Waals surface area contributed by atoms with E-state index in [1.807, 2.05) is 54.6 Å². The fourth-order valence-corrected chi connectivity index (χ4v) is 7.11. The molecule has 0 saturated carbocycles. The van der Waals surface area contributed by atoms with Crippen molar-refractivity contribution in [3.05, 3.63) is 150 Å². The third kappa shape index (κ3) is 4.11. The zero-order valence-electron chi connectivity index (χ0n) is 23.4. The number of hydrogen-bond donors (Lipinski definition) is 1. The second-order valence-electron chi connectivity index (χ2n) is 10.9. The molecule has 0 fully saturated rings. The van der Waals surface area contributed by atoms with Crippen LogP contribution >= 0.6 is 11.3 Å². The minimum atomic E-state index is -0.246. The third-order valence-electron chi connectivity index (χ3n) is 8.17. The van der Waals surface area contributed by atoms with Gasteiger partial charge in [0, 0.05) is 27.3 Å². The summed E-state index contributed by atoms with van der Waals surface area (Å²) in [5.41, 5.74) is 6.82. The molecule has 0 aliphatic carbocycles. The van der Waals surface area contributed by atoms with Crippen molar-refractivity contribution < 1.29 is 4.42 Å². The summed E-state index contributed by atoms with van der Waals surface area (Å²) in [7, 11) is 0. The van der Waals surface area contributed by atoms with Gasteiger partial charge in [0.15, 0.2) is 5.84 Å². The first-order valence-electron chi connectivity index (χ1n) is 14.6. The van der Waals surface area contributed by atoms with Crippen molar-refractivity contribution in [2.45, 2.75) is 6.17 Å². The molecular weight excluding hydrogens is 561 g/mol. The number of aromatic nitrogens is 1. The smallest absolute Gasteiger partial charge is 0.159 e. The van der Waals surface area contributed by atoms with Gasteiger partial charge in [-0.3, -0.25) is 0 Å². The molecule has 1 N–H and O–H groups in total. The van der Waals surface area contributed by atoms with E-state index in [-0.39, 0.29) is 6.17 Å². The lowest BCUT2D eigenvalue weighted by Gasteiger charge is -2.23. The van der Waals surface area contributed by atoms with Gasteiger partial charge in [-0.25, -0.2) is 15.0 Å². The number of fused-ring (bicyclic) bond motifs is 6. The molecule has 44 heavy (non-hydrogen) atoms. The van der Waals surface area contributed by atoms with Crippen LogP contribution < -0.4 is 5.32 Å². The number of rotatable bonds is 4. The van der Waals surface area contributed by atoms with Crippen LogP contribution in [0.3, 0.4) is 0 Å². The number of amidine groups is 2. The predicted octanol–water partition coefficient (Wildman–Crippen LogP) is 9.51. The molecule has 208 valence electrons. The molecule has 0 spiro atoms. The van der Waals surface area contributed by atoms with E-state index in [0.29, 0.717) is 5.84 Å². The first-order chi connectivity index (χ1) is 21.8. The van der Waals surface area contributed by atoms with Gasteiger partial charge in [-0.15, -0.1) is 11.3 Å². The highest BCUT2D eigenvalue weighted by molar-refractivity contribution is 7.22. The predicted molar refractivity (Wildman–Crippen MR) is 182 cm³/mol. The summed E-state index contributed by atoms with van der Waals surface area (Å²) in [4.78, 5) is 15.1. The van der Waals surface area contributed by atoms with E-state index in [2.05, 4.69) is 84.2 Å². The van der Waals surface area contributed by atoms with Crippen LogP contribution in [0.5, 0.6) is 0 Å². The first-order valence-corrected chi connectivity index (χ1v) is 15.4. The van der Waals surface area contributed by atoms with Crippen LogP contribution in [0, 0.1) is 0 Å². The molecule has 9 rings (SSSR count). The Balaban J connectivity index is 1.18. The summed E-state index contributed by atoms with van der Waals surface area (Å²) in [6.07, 6.45) is -0.246. The quantitative estimate of drug-likeness (QED) is 0.224. The van der Waals surface area contributed by atoms with Crippen molar-refractivity contribution in [1.82, 2.24) is 10.3 Å². The molecule has 0 amide bonds. The maximum atomic E-state index is 6.34. The largest absolute Gasteiger partial charge is 0.455 e. The maximum Gasteiger partial charge on any atom is 0.159 e. The highest BCUT2D eigenvalue weighted by Gasteiger charge is 2.22. The number of para-hydroxylation sites is 2. The molecule has 6 heteroatoms. The normalized spacial score (nSPS) is 15.0. The van der Waals surface area contributed by atoms with Gasteiger partial charge in [-0.2, -0.15) is 0 Å². The Kier molecular flexibility index (Phi) is 5.67. The van der Waals surface area contributed by atoms with Crippen molar-refractivity contribution in [3.63, 3.8) is 0 Å². The van der Waals surface area contributed by atoms with Gasteiger partial charge in [-0.05, 0) is 35.2 Å². The summed E-state index contributed by atoms with van der Waals surface area (Å²) >= 11 is 1.70. The van der Waals surface area contributed by atoms with Crippen molar-refractivity contribution >= 4 is 65.9 Å². The van der Waals surface area contributed by atoms with Crippen LogP contribution in [-0.4, -0.2) is 16.7 Å². The molecule has 1 aliphatic rings. The SMILES string of the molecule is c1ccc(C2=NC(c3ccccc3)NC(c3ccc4ccc5nc(-c6cccc7c6oc6ccccc67)sc5c4c3)=N2)cc1. The fraction of sp³-hybridized carbons (Fsp3) is 0.0263. The minimum absolute atomic E-state index is 0.246. The summed E-state index contributed by atoms with van der Waals surface area (Å²) in [6.45, 7) is 0. The number of nitrogens with one attached hydrogen (secondary N) is 1. The average Bonchev–Trinajstić information content (AvgIpc) is 3.71.